The standard InChI is InChI=1S/C27H29N9O/c1-2-8-36(9-3-1)24-16-30-14-23-26(24)33-27(32-23)25-20-11-21(31-15-22(20)34-35-25)17-10-19(13-29-12-17)37-18-4-6-28-7-5-18/h10-16,18,28H,1-9H2,(H,32,33)(H,34,35). The number of nitrogens with zero attached hydrogens (tertiary/aromatic N) is 6. The van der Waals surface area contributed by atoms with Gasteiger partial charge in [-0.25, -0.2) is 4.98 Å². The first-order valence-corrected chi connectivity index (χ1v) is 13.1. The normalized spacial score (nSPS) is 17.0. The minimum atomic E-state index is 0.214. The summed E-state index contributed by atoms with van der Waals surface area (Å²) in [6.07, 6.45) is 15.0. The maximum atomic E-state index is 6.20. The van der Waals surface area contributed by atoms with Crippen LogP contribution in [0.25, 0.3) is 44.7 Å². The van der Waals surface area contributed by atoms with Gasteiger partial charge in [0.25, 0.3) is 0 Å². The largest absolute Gasteiger partial charge is 0.489 e. The number of imidazole rings is 1. The number of hydrogen-bond acceptors (Lipinski definition) is 8. The lowest BCUT2D eigenvalue weighted by Gasteiger charge is -2.28. The van der Waals surface area contributed by atoms with Gasteiger partial charge in [0, 0.05) is 30.2 Å². The van der Waals surface area contributed by atoms with Crippen LogP contribution in [0, 0.1) is 0 Å². The number of pyridine rings is 3. The molecule has 188 valence electrons. The van der Waals surface area contributed by atoms with E-state index in [1.165, 1.54) is 19.3 Å². The Balaban J connectivity index is 1.23. The summed E-state index contributed by atoms with van der Waals surface area (Å²) in [7, 11) is 0. The molecule has 10 heteroatoms. The third-order valence-corrected chi connectivity index (χ3v) is 7.35. The molecule has 0 amide bonds. The summed E-state index contributed by atoms with van der Waals surface area (Å²) in [5.41, 5.74) is 6.27. The number of ether oxygens (including phenoxy) is 1. The molecular weight excluding hydrogens is 466 g/mol. The van der Waals surface area contributed by atoms with Crippen molar-refractivity contribution in [2.45, 2.75) is 38.2 Å². The second-order valence-corrected chi connectivity index (χ2v) is 9.85. The monoisotopic (exact) mass is 495 g/mol. The van der Waals surface area contributed by atoms with Crippen LogP contribution in [0.5, 0.6) is 5.75 Å². The van der Waals surface area contributed by atoms with E-state index in [0.717, 1.165) is 95.2 Å². The van der Waals surface area contributed by atoms with Crippen LogP contribution >= 0.6 is 0 Å². The second kappa shape index (κ2) is 9.44. The van der Waals surface area contributed by atoms with Crippen molar-refractivity contribution in [2.75, 3.05) is 31.1 Å². The van der Waals surface area contributed by atoms with E-state index in [0.29, 0.717) is 0 Å². The molecule has 7 rings (SSSR count). The number of piperidine rings is 2. The van der Waals surface area contributed by atoms with Gasteiger partial charge in [-0.1, -0.05) is 0 Å². The van der Waals surface area contributed by atoms with Crippen molar-refractivity contribution in [3.8, 4) is 28.5 Å². The fourth-order valence-electron chi connectivity index (χ4n) is 5.38. The van der Waals surface area contributed by atoms with Crippen molar-refractivity contribution in [1.82, 2.24) is 40.4 Å². The topological polar surface area (TPSA) is 121 Å². The number of H-pyrrole nitrogens is 2. The maximum Gasteiger partial charge on any atom is 0.157 e. The molecule has 0 atom stereocenters. The van der Waals surface area contributed by atoms with Crippen molar-refractivity contribution < 1.29 is 4.74 Å². The summed E-state index contributed by atoms with van der Waals surface area (Å²) < 4.78 is 6.20. The van der Waals surface area contributed by atoms with E-state index in [2.05, 4.69) is 40.3 Å². The van der Waals surface area contributed by atoms with Gasteiger partial charge >= 0.3 is 0 Å². The highest BCUT2D eigenvalue weighted by Gasteiger charge is 2.20. The van der Waals surface area contributed by atoms with Gasteiger partial charge in [0.15, 0.2) is 5.82 Å². The Bertz CT molecular complexity index is 1550. The van der Waals surface area contributed by atoms with Crippen molar-refractivity contribution in [3.63, 3.8) is 0 Å². The second-order valence-electron chi connectivity index (χ2n) is 9.85. The van der Waals surface area contributed by atoms with Crippen LogP contribution in [-0.4, -0.2) is 67.4 Å². The average molecular weight is 496 g/mol. The summed E-state index contributed by atoms with van der Waals surface area (Å²) in [5.74, 6) is 1.51. The molecule has 7 heterocycles. The molecule has 2 aliphatic rings. The average Bonchev–Trinajstić information content (AvgIpc) is 3.58. The van der Waals surface area contributed by atoms with Gasteiger partial charge in [-0.3, -0.25) is 20.1 Å². The van der Waals surface area contributed by atoms with Crippen LogP contribution < -0.4 is 15.0 Å². The molecule has 10 nitrogen and oxygen atoms in total. The Morgan fingerprint density at radius 3 is 2.68 bits per heavy atom. The van der Waals surface area contributed by atoms with Crippen molar-refractivity contribution in [3.05, 3.63) is 43.1 Å². The molecule has 0 unspecified atom stereocenters. The molecule has 5 aromatic heterocycles. The smallest absolute Gasteiger partial charge is 0.157 e. The molecule has 37 heavy (non-hydrogen) atoms. The first kappa shape index (κ1) is 22.2. The highest BCUT2D eigenvalue weighted by molar-refractivity contribution is 5.96. The zero-order valence-corrected chi connectivity index (χ0v) is 20.6. The summed E-state index contributed by atoms with van der Waals surface area (Å²) >= 11 is 0. The van der Waals surface area contributed by atoms with Gasteiger partial charge in [0.1, 0.15) is 28.6 Å². The predicted octanol–water partition coefficient (Wildman–Crippen LogP) is 4.08. The predicted molar refractivity (Wildman–Crippen MR) is 143 cm³/mol. The van der Waals surface area contributed by atoms with E-state index in [4.69, 9.17) is 9.72 Å². The quantitative estimate of drug-likeness (QED) is 0.334. The lowest BCUT2D eigenvalue weighted by atomic mass is 10.1. The van der Waals surface area contributed by atoms with Gasteiger partial charge in [0.2, 0.25) is 0 Å². The number of nitrogens with one attached hydrogen (secondary N) is 3. The molecule has 5 aromatic rings. The summed E-state index contributed by atoms with van der Waals surface area (Å²) in [6, 6.07) is 4.05. The zero-order chi connectivity index (χ0) is 24.6. The first-order chi connectivity index (χ1) is 18.3. The van der Waals surface area contributed by atoms with Crippen LogP contribution in [0.3, 0.4) is 0 Å². The minimum absolute atomic E-state index is 0.214. The number of aromatic nitrogens is 7. The van der Waals surface area contributed by atoms with Gasteiger partial charge in [-0.2, -0.15) is 5.10 Å². The number of rotatable bonds is 5. The van der Waals surface area contributed by atoms with E-state index < -0.39 is 0 Å². The molecule has 0 aromatic carbocycles. The van der Waals surface area contributed by atoms with E-state index in [1.807, 2.05) is 30.7 Å². The lowest BCUT2D eigenvalue weighted by Crippen LogP contribution is -2.34. The molecule has 0 aliphatic carbocycles. The van der Waals surface area contributed by atoms with Crippen LogP contribution in [0.2, 0.25) is 0 Å². The third-order valence-electron chi connectivity index (χ3n) is 7.35. The minimum Gasteiger partial charge on any atom is -0.489 e. The third kappa shape index (κ3) is 4.27. The summed E-state index contributed by atoms with van der Waals surface area (Å²) in [4.78, 5) is 24.4. The van der Waals surface area contributed by atoms with E-state index >= 15 is 0 Å². The molecule has 0 spiro atoms. The van der Waals surface area contributed by atoms with Crippen molar-refractivity contribution in [1.29, 1.82) is 0 Å². The first-order valence-electron chi connectivity index (χ1n) is 13.1. The Kier molecular flexibility index (Phi) is 5.65. The fourth-order valence-corrected chi connectivity index (χ4v) is 5.38. The van der Waals surface area contributed by atoms with E-state index in [-0.39, 0.29) is 6.10 Å². The molecular formula is C27H29N9O. The molecule has 0 radical (unpaired) electrons. The molecule has 0 saturated carbocycles. The Hall–Kier alpha value is -4.05. The number of aromatic amines is 2. The Morgan fingerprint density at radius 2 is 1.78 bits per heavy atom. The number of fused-ring (bicyclic) bond motifs is 2. The van der Waals surface area contributed by atoms with E-state index in [1.54, 1.807) is 12.4 Å². The highest BCUT2D eigenvalue weighted by atomic mass is 16.5. The fraction of sp³-hybridized carbons (Fsp3) is 0.370. The molecule has 2 fully saturated rings. The molecule has 0 bridgehead atoms. The van der Waals surface area contributed by atoms with Crippen LogP contribution in [-0.2, 0) is 0 Å². The van der Waals surface area contributed by atoms with Crippen LogP contribution in [0.15, 0.2) is 43.1 Å². The van der Waals surface area contributed by atoms with Crippen molar-refractivity contribution in [2.24, 2.45) is 0 Å². The van der Waals surface area contributed by atoms with Crippen molar-refractivity contribution >= 4 is 27.6 Å². The van der Waals surface area contributed by atoms with E-state index in [9.17, 15) is 0 Å². The number of hydrogen-bond donors (Lipinski definition) is 3. The van der Waals surface area contributed by atoms with Gasteiger partial charge in [0.05, 0.1) is 41.7 Å². The lowest BCUT2D eigenvalue weighted by molar-refractivity contribution is 0.162. The van der Waals surface area contributed by atoms with Crippen LogP contribution in [0.4, 0.5) is 5.69 Å². The Morgan fingerprint density at radius 1 is 0.919 bits per heavy atom. The molecule has 2 aliphatic heterocycles. The number of anilines is 1. The molecule has 3 N–H and O–H groups in total. The Labute approximate surface area is 213 Å². The summed E-state index contributed by atoms with van der Waals surface area (Å²) in [5, 5.41) is 12.0. The van der Waals surface area contributed by atoms with Crippen LogP contribution in [0.1, 0.15) is 32.1 Å². The van der Waals surface area contributed by atoms with Gasteiger partial charge in [-0.15, -0.1) is 0 Å². The SMILES string of the molecule is c1ncc(-c2cc3c(-c4nc5c(N6CCCCC6)cncc5[nH]4)[nH]nc3cn2)cc1OC1CCNCC1. The van der Waals surface area contributed by atoms with Gasteiger partial charge < -0.3 is 19.9 Å². The zero-order valence-electron chi connectivity index (χ0n) is 20.6. The highest BCUT2D eigenvalue weighted by Crippen LogP contribution is 2.32. The summed E-state index contributed by atoms with van der Waals surface area (Å²) in [6.45, 7) is 4.05. The molecule has 2 saturated heterocycles. The maximum absolute atomic E-state index is 6.20. The van der Waals surface area contributed by atoms with Gasteiger partial charge in [-0.05, 0) is 57.3 Å².